The highest BCUT2D eigenvalue weighted by molar-refractivity contribution is 5.86. The number of hydrogen-bond acceptors (Lipinski definition) is 8. The minimum atomic E-state index is -5.03. The molecule has 0 spiro atoms. The fourth-order valence-electron chi connectivity index (χ4n) is 5.22. The van der Waals surface area contributed by atoms with E-state index in [0.717, 1.165) is 46.4 Å². The number of aromatic amines is 2. The van der Waals surface area contributed by atoms with E-state index in [9.17, 15) is 32.3 Å². The molecule has 0 aliphatic heterocycles. The maximum Gasteiger partial charge on any atom is 0.417 e. The zero-order valence-electron chi connectivity index (χ0n) is 30.2. The Kier molecular flexibility index (Phi) is 14.2. The molecule has 0 saturated heterocycles. The average Bonchev–Trinajstić information content (AvgIpc) is 3.84. The van der Waals surface area contributed by atoms with E-state index in [4.69, 9.17) is 0 Å². The summed E-state index contributed by atoms with van der Waals surface area (Å²) >= 11 is 0. The van der Waals surface area contributed by atoms with Crippen LogP contribution in [-0.4, -0.2) is 99.8 Å². The van der Waals surface area contributed by atoms with Crippen molar-refractivity contribution in [3.63, 3.8) is 0 Å². The van der Waals surface area contributed by atoms with Crippen LogP contribution in [0.5, 0.6) is 0 Å². The Morgan fingerprint density at radius 1 is 0.759 bits per heavy atom. The average molecular weight is 751 g/mol. The largest absolute Gasteiger partial charge is 0.453 e. The van der Waals surface area contributed by atoms with E-state index in [1.165, 1.54) is 13.3 Å². The first-order valence-electron chi connectivity index (χ1n) is 16.9. The van der Waals surface area contributed by atoms with Crippen molar-refractivity contribution in [2.75, 3.05) is 33.9 Å². The monoisotopic (exact) mass is 750 g/mol. The van der Waals surface area contributed by atoms with Gasteiger partial charge in [-0.05, 0) is 48.2 Å². The minimum absolute atomic E-state index is 0.00571. The number of methoxy groups -OCH3 is 2. The van der Waals surface area contributed by atoms with Crippen molar-refractivity contribution in [3.05, 3.63) is 83.7 Å². The maximum atomic E-state index is 13.6. The number of carbonyl (C=O) groups excluding carboxylic acids is 4. The van der Waals surface area contributed by atoms with Gasteiger partial charge in [-0.25, -0.2) is 19.6 Å². The summed E-state index contributed by atoms with van der Waals surface area (Å²) < 4.78 is 49.7. The van der Waals surface area contributed by atoms with Gasteiger partial charge in [-0.1, -0.05) is 50.0 Å². The molecule has 2 heterocycles. The smallest absolute Gasteiger partial charge is 0.417 e. The first kappa shape index (κ1) is 40.5. The van der Waals surface area contributed by atoms with Gasteiger partial charge in [0.15, 0.2) is 0 Å². The molecule has 1 unspecified atom stereocenters. The lowest BCUT2D eigenvalue weighted by Gasteiger charge is -2.27. The minimum Gasteiger partial charge on any atom is -0.453 e. The molecule has 17 heteroatoms. The number of alkyl halides is 3. The molecule has 0 aliphatic carbocycles. The molecule has 4 rings (SSSR count). The van der Waals surface area contributed by atoms with Gasteiger partial charge in [0.2, 0.25) is 11.9 Å². The van der Waals surface area contributed by atoms with Gasteiger partial charge in [0.25, 0.3) is 5.91 Å². The van der Waals surface area contributed by atoms with Crippen molar-refractivity contribution < 1.29 is 41.8 Å². The third-order valence-corrected chi connectivity index (χ3v) is 7.92. The summed E-state index contributed by atoms with van der Waals surface area (Å²) in [6.07, 6.45) is -2.75. The van der Waals surface area contributed by atoms with Crippen molar-refractivity contribution in [2.24, 2.45) is 0 Å². The molecule has 54 heavy (non-hydrogen) atoms. The summed E-state index contributed by atoms with van der Waals surface area (Å²) in [5.41, 5.74) is 4.50. The third kappa shape index (κ3) is 11.3. The second-order valence-electron chi connectivity index (χ2n) is 11.9. The molecule has 0 aliphatic rings. The summed E-state index contributed by atoms with van der Waals surface area (Å²) in [4.78, 5) is 65.9. The standard InChI is InChI=1S/C37H41F3N8O6/c1-5-17-47(32(49)21-43-35(51)53-3)22-30-41-19-28(44-30)26-13-9-24(10-14-26)7-8-25-11-15-27(16-12-25)29-20-42-31(45-29)23-48(18-6-2)34(50)33(37(38,39)40)46-36(52)54-4/h9-16,19-20,33H,5-6,17-18,21-23H2,1-4H3,(H,41,44)(H,42,45)(H,43,51)(H,46,52). The van der Waals surface area contributed by atoms with E-state index < -0.39 is 30.3 Å². The number of aromatic nitrogens is 4. The number of amides is 4. The molecule has 0 saturated carbocycles. The molecule has 286 valence electrons. The van der Waals surface area contributed by atoms with Gasteiger partial charge in [0, 0.05) is 24.2 Å². The van der Waals surface area contributed by atoms with Crippen LogP contribution in [0.3, 0.4) is 0 Å². The molecule has 0 fully saturated rings. The topological polar surface area (TPSA) is 175 Å². The molecule has 1 atom stereocenters. The Labute approximate surface area is 309 Å². The Bertz CT molecular complexity index is 1950. The fraction of sp³-hybridized carbons (Fsp3) is 0.351. The highest BCUT2D eigenvalue weighted by Crippen LogP contribution is 2.24. The predicted octanol–water partition coefficient (Wildman–Crippen LogP) is 4.99. The Morgan fingerprint density at radius 2 is 1.22 bits per heavy atom. The van der Waals surface area contributed by atoms with Gasteiger partial charge >= 0.3 is 18.4 Å². The Balaban J connectivity index is 1.37. The summed E-state index contributed by atoms with van der Waals surface area (Å²) in [5, 5.41) is 3.97. The Hall–Kier alpha value is -6.31. The van der Waals surface area contributed by atoms with Crippen molar-refractivity contribution in [1.82, 2.24) is 40.4 Å². The lowest BCUT2D eigenvalue weighted by molar-refractivity contribution is -0.174. The number of nitrogens with zero attached hydrogens (tertiary/aromatic N) is 4. The molecule has 4 N–H and O–H groups in total. The molecule has 2 aromatic carbocycles. The van der Waals surface area contributed by atoms with Crippen molar-refractivity contribution in [3.8, 4) is 34.4 Å². The first-order chi connectivity index (χ1) is 25.8. The van der Waals surface area contributed by atoms with Crippen molar-refractivity contribution >= 4 is 24.0 Å². The van der Waals surface area contributed by atoms with E-state index in [-0.39, 0.29) is 37.9 Å². The summed E-state index contributed by atoms with van der Waals surface area (Å²) in [5.74, 6) is 5.54. The number of rotatable bonds is 14. The number of imidazole rings is 2. The van der Waals surface area contributed by atoms with Crippen LogP contribution in [0.2, 0.25) is 0 Å². The number of carbonyl (C=O) groups is 4. The van der Waals surface area contributed by atoms with Crippen LogP contribution in [0.25, 0.3) is 22.5 Å². The van der Waals surface area contributed by atoms with E-state index in [1.807, 2.05) is 55.5 Å². The number of H-pyrrole nitrogens is 2. The summed E-state index contributed by atoms with van der Waals surface area (Å²) in [6.45, 7) is 4.01. The van der Waals surface area contributed by atoms with Crippen LogP contribution in [-0.2, 0) is 32.2 Å². The number of benzene rings is 2. The molecule has 2 aromatic heterocycles. The number of nitrogens with one attached hydrogen (secondary N) is 4. The summed E-state index contributed by atoms with van der Waals surface area (Å²) in [6, 6.07) is 12.1. The normalized spacial score (nSPS) is 11.5. The number of halogens is 3. The molecule has 4 amide bonds. The highest BCUT2D eigenvalue weighted by atomic mass is 19.4. The van der Waals surface area contributed by atoms with Crippen LogP contribution in [0.15, 0.2) is 60.9 Å². The fourth-order valence-corrected chi connectivity index (χ4v) is 5.22. The van der Waals surface area contributed by atoms with Gasteiger partial charge in [-0.15, -0.1) is 0 Å². The van der Waals surface area contributed by atoms with E-state index in [0.29, 0.717) is 24.5 Å². The van der Waals surface area contributed by atoms with Gasteiger partial charge in [0.1, 0.15) is 18.2 Å². The van der Waals surface area contributed by atoms with Gasteiger partial charge in [-0.3, -0.25) is 9.59 Å². The van der Waals surface area contributed by atoms with E-state index in [1.54, 1.807) is 23.3 Å². The maximum absolute atomic E-state index is 13.6. The quantitative estimate of drug-likeness (QED) is 0.131. The lowest BCUT2D eigenvalue weighted by Crippen LogP contribution is -2.56. The number of ether oxygens (including phenoxy) is 2. The first-order valence-corrected chi connectivity index (χ1v) is 16.9. The zero-order chi connectivity index (χ0) is 39.3. The molecular formula is C37H41F3N8O6. The SMILES string of the molecule is CCCN(Cc1ncc(-c2ccc(C#Cc3ccc(-c4cnc(CN(CCC)C(=O)C(NC(=O)OC)C(F)(F)F)[nH]4)cc3)cc2)[nH]1)C(=O)CNC(=O)OC. The van der Waals surface area contributed by atoms with Crippen molar-refractivity contribution in [1.29, 1.82) is 0 Å². The van der Waals surface area contributed by atoms with Gasteiger partial charge in [-0.2, -0.15) is 13.2 Å². The third-order valence-electron chi connectivity index (χ3n) is 7.92. The number of alkyl carbamates (subject to hydrolysis) is 2. The molecule has 0 bridgehead atoms. The van der Waals surface area contributed by atoms with E-state index in [2.05, 4.69) is 46.6 Å². The zero-order valence-corrected chi connectivity index (χ0v) is 30.2. The molecule has 0 radical (unpaired) electrons. The molecule has 14 nitrogen and oxygen atoms in total. The van der Waals surface area contributed by atoms with Crippen LogP contribution in [0.1, 0.15) is 49.5 Å². The number of hydrogen-bond donors (Lipinski definition) is 4. The lowest BCUT2D eigenvalue weighted by atomic mass is 10.1. The van der Waals surface area contributed by atoms with E-state index >= 15 is 0 Å². The second kappa shape index (κ2) is 19.0. The van der Waals surface area contributed by atoms with Crippen LogP contribution >= 0.6 is 0 Å². The molecular weight excluding hydrogens is 709 g/mol. The van der Waals surface area contributed by atoms with Crippen LogP contribution in [0.4, 0.5) is 22.8 Å². The van der Waals surface area contributed by atoms with Crippen LogP contribution in [0, 0.1) is 11.8 Å². The molecule has 4 aromatic rings. The van der Waals surface area contributed by atoms with Crippen molar-refractivity contribution in [2.45, 2.75) is 52.0 Å². The van der Waals surface area contributed by atoms with Gasteiger partial charge < -0.3 is 39.9 Å². The highest BCUT2D eigenvalue weighted by Gasteiger charge is 2.48. The van der Waals surface area contributed by atoms with Crippen LogP contribution < -0.4 is 10.6 Å². The van der Waals surface area contributed by atoms with Gasteiger partial charge in [0.05, 0.1) is 51.1 Å². The Morgan fingerprint density at radius 3 is 1.67 bits per heavy atom. The summed E-state index contributed by atoms with van der Waals surface area (Å²) in [7, 11) is 2.14. The second-order valence-corrected chi connectivity index (χ2v) is 11.9. The predicted molar refractivity (Wildman–Crippen MR) is 191 cm³/mol.